The number of sulfonamides is 1. The highest BCUT2D eigenvalue weighted by atomic mass is 35.5. The monoisotopic (exact) mass is 308 g/mol. The van der Waals surface area contributed by atoms with Crippen molar-refractivity contribution < 1.29 is 8.42 Å². The van der Waals surface area contributed by atoms with Crippen LogP contribution >= 0.6 is 11.6 Å². The van der Waals surface area contributed by atoms with E-state index < -0.39 is 10.0 Å². The molecule has 0 spiro atoms. The van der Waals surface area contributed by atoms with Crippen molar-refractivity contribution in [2.75, 3.05) is 6.54 Å². The molecular weight excluding hydrogens is 294 g/mol. The number of benzene rings is 2. The number of rotatable bonds is 6. The minimum atomic E-state index is -3.45. The van der Waals surface area contributed by atoms with Gasteiger partial charge in [0.1, 0.15) is 0 Å². The number of hydrogen-bond donors (Lipinski definition) is 1. The summed E-state index contributed by atoms with van der Waals surface area (Å²) in [5, 5.41) is 0.518. The molecule has 0 aliphatic rings. The maximum atomic E-state index is 12.0. The molecule has 0 amide bonds. The van der Waals surface area contributed by atoms with Gasteiger partial charge in [-0.3, -0.25) is 0 Å². The second kappa shape index (κ2) is 6.88. The summed E-state index contributed by atoms with van der Waals surface area (Å²) in [5.41, 5.74) is 1.18. The van der Waals surface area contributed by atoms with Gasteiger partial charge < -0.3 is 0 Å². The summed E-state index contributed by atoms with van der Waals surface area (Å²) < 4.78 is 26.6. The van der Waals surface area contributed by atoms with E-state index in [9.17, 15) is 8.42 Å². The van der Waals surface area contributed by atoms with Crippen molar-refractivity contribution in [1.82, 2.24) is 4.72 Å². The predicted molar refractivity (Wildman–Crippen MR) is 80.2 cm³/mol. The molecule has 1 radical (unpaired) electrons. The van der Waals surface area contributed by atoms with Gasteiger partial charge in [-0.1, -0.05) is 35.9 Å². The molecule has 105 valence electrons. The average molecular weight is 309 g/mol. The molecule has 1 N–H and O–H groups in total. The fourth-order valence-corrected chi connectivity index (χ4v) is 2.98. The van der Waals surface area contributed by atoms with Crippen molar-refractivity contribution in [3.05, 3.63) is 65.2 Å². The van der Waals surface area contributed by atoms with Crippen molar-refractivity contribution in [3.8, 4) is 0 Å². The third-order valence-electron chi connectivity index (χ3n) is 2.85. The Balaban J connectivity index is 1.85. The first-order valence-electron chi connectivity index (χ1n) is 6.28. The number of nitrogens with one attached hydrogen (secondary N) is 1. The molecule has 0 aromatic heterocycles. The van der Waals surface area contributed by atoms with E-state index in [2.05, 4.69) is 10.8 Å². The molecule has 0 bridgehead atoms. The quantitative estimate of drug-likeness (QED) is 0.834. The van der Waals surface area contributed by atoms with Crippen LogP contribution in [0.2, 0.25) is 5.02 Å². The first kappa shape index (κ1) is 15.0. The van der Waals surface area contributed by atoms with E-state index in [1.54, 1.807) is 12.1 Å². The zero-order valence-electron chi connectivity index (χ0n) is 10.8. The summed E-state index contributed by atoms with van der Waals surface area (Å²) in [6.45, 7) is 0.406. The van der Waals surface area contributed by atoms with Gasteiger partial charge in [-0.05, 0) is 48.7 Å². The van der Waals surface area contributed by atoms with Crippen LogP contribution in [0, 0.1) is 6.07 Å². The molecule has 2 aromatic carbocycles. The molecule has 0 aliphatic heterocycles. The third-order valence-corrected chi connectivity index (χ3v) is 4.57. The van der Waals surface area contributed by atoms with Crippen LogP contribution < -0.4 is 4.72 Å². The molecule has 0 saturated heterocycles. The Bertz CT molecular complexity index is 639. The molecule has 5 heteroatoms. The van der Waals surface area contributed by atoms with E-state index in [4.69, 9.17) is 11.6 Å². The van der Waals surface area contributed by atoms with Crippen LogP contribution in [0.15, 0.2) is 53.4 Å². The summed E-state index contributed by atoms with van der Waals surface area (Å²) in [5.74, 6) is 0. The van der Waals surface area contributed by atoms with Gasteiger partial charge in [0, 0.05) is 11.6 Å². The van der Waals surface area contributed by atoms with Gasteiger partial charge in [0.15, 0.2) is 0 Å². The second-order valence-electron chi connectivity index (χ2n) is 4.36. The van der Waals surface area contributed by atoms with Crippen molar-refractivity contribution in [2.24, 2.45) is 0 Å². The largest absolute Gasteiger partial charge is 0.240 e. The van der Waals surface area contributed by atoms with Crippen LogP contribution in [-0.2, 0) is 16.4 Å². The van der Waals surface area contributed by atoms with E-state index >= 15 is 0 Å². The lowest BCUT2D eigenvalue weighted by atomic mass is 10.1. The molecule has 0 unspecified atom stereocenters. The summed E-state index contributed by atoms with van der Waals surface area (Å²) in [7, 11) is -3.45. The van der Waals surface area contributed by atoms with Gasteiger partial charge in [0.25, 0.3) is 0 Å². The van der Waals surface area contributed by atoms with Crippen molar-refractivity contribution >= 4 is 21.6 Å². The highest BCUT2D eigenvalue weighted by molar-refractivity contribution is 7.89. The molecule has 0 saturated carbocycles. The van der Waals surface area contributed by atoms with Crippen LogP contribution in [0.3, 0.4) is 0 Å². The zero-order valence-corrected chi connectivity index (χ0v) is 12.4. The molecule has 0 aliphatic carbocycles. The van der Waals surface area contributed by atoms with Gasteiger partial charge >= 0.3 is 0 Å². The van der Waals surface area contributed by atoms with E-state index in [0.29, 0.717) is 11.6 Å². The van der Waals surface area contributed by atoms with Crippen molar-refractivity contribution in [3.63, 3.8) is 0 Å². The Kier molecular flexibility index (Phi) is 5.17. The molecule has 0 atom stereocenters. The summed E-state index contributed by atoms with van der Waals surface area (Å²) in [4.78, 5) is 0.233. The highest BCUT2D eigenvalue weighted by Gasteiger charge is 2.12. The molecule has 0 heterocycles. The SMILES string of the molecule is O=S(=O)(NCCCc1cc[c]cc1)c1ccc(Cl)cc1. The first-order valence-corrected chi connectivity index (χ1v) is 8.14. The molecule has 2 aromatic rings. The zero-order chi connectivity index (χ0) is 14.4. The Morgan fingerprint density at radius 2 is 1.70 bits per heavy atom. The van der Waals surface area contributed by atoms with Gasteiger partial charge in [-0.25, -0.2) is 13.1 Å². The van der Waals surface area contributed by atoms with Crippen LogP contribution in [0.25, 0.3) is 0 Å². The minimum absolute atomic E-state index is 0.233. The smallest absolute Gasteiger partial charge is 0.211 e. The molecule has 3 nitrogen and oxygen atoms in total. The summed E-state index contributed by atoms with van der Waals surface area (Å²) >= 11 is 5.74. The minimum Gasteiger partial charge on any atom is -0.211 e. The second-order valence-corrected chi connectivity index (χ2v) is 6.57. The predicted octanol–water partition coefficient (Wildman–Crippen LogP) is 3.05. The van der Waals surface area contributed by atoms with E-state index in [0.717, 1.165) is 12.8 Å². The topological polar surface area (TPSA) is 46.2 Å². The third kappa shape index (κ3) is 4.34. The molecule has 2 rings (SSSR count). The summed E-state index contributed by atoms with van der Waals surface area (Å²) in [6, 6.07) is 16.7. The number of hydrogen-bond acceptors (Lipinski definition) is 2. The van der Waals surface area contributed by atoms with Crippen molar-refractivity contribution in [1.29, 1.82) is 0 Å². The molecular formula is C15H15ClNO2S. The Morgan fingerprint density at radius 3 is 2.35 bits per heavy atom. The molecule has 20 heavy (non-hydrogen) atoms. The maximum absolute atomic E-state index is 12.0. The normalized spacial score (nSPS) is 11.4. The lowest BCUT2D eigenvalue weighted by Crippen LogP contribution is -2.25. The summed E-state index contributed by atoms with van der Waals surface area (Å²) in [6.07, 6.45) is 1.58. The fourth-order valence-electron chi connectivity index (χ4n) is 1.78. The van der Waals surface area contributed by atoms with Crippen LogP contribution in [-0.4, -0.2) is 15.0 Å². The number of halogens is 1. The van der Waals surface area contributed by atoms with E-state index in [1.165, 1.54) is 17.7 Å². The average Bonchev–Trinajstić information content (AvgIpc) is 2.45. The van der Waals surface area contributed by atoms with E-state index in [-0.39, 0.29) is 4.90 Å². The first-order chi connectivity index (χ1) is 9.58. The van der Waals surface area contributed by atoms with Gasteiger partial charge in [-0.15, -0.1) is 0 Å². The van der Waals surface area contributed by atoms with Crippen molar-refractivity contribution in [2.45, 2.75) is 17.7 Å². The highest BCUT2D eigenvalue weighted by Crippen LogP contribution is 2.13. The van der Waals surface area contributed by atoms with Gasteiger partial charge in [-0.2, -0.15) is 0 Å². The Morgan fingerprint density at radius 1 is 1.05 bits per heavy atom. The standard InChI is InChI=1S/C15H15ClNO2S/c16-14-8-10-15(11-9-14)20(18,19)17-12-4-7-13-5-2-1-3-6-13/h2-3,5-6,8-11,17H,4,7,12H2. The fraction of sp³-hybridized carbons (Fsp3) is 0.200. The Labute approximate surface area is 124 Å². The molecule has 0 fully saturated rings. The number of aryl methyl sites for hydroxylation is 1. The lowest BCUT2D eigenvalue weighted by Gasteiger charge is -2.07. The van der Waals surface area contributed by atoms with Gasteiger partial charge in [0.05, 0.1) is 4.90 Å². The van der Waals surface area contributed by atoms with Crippen LogP contribution in [0.5, 0.6) is 0 Å². The van der Waals surface area contributed by atoms with Crippen LogP contribution in [0.1, 0.15) is 12.0 Å². The lowest BCUT2D eigenvalue weighted by molar-refractivity contribution is 0.579. The van der Waals surface area contributed by atoms with Gasteiger partial charge in [0.2, 0.25) is 10.0 Å². The maximum Gasteiger partial charge on any atom is 0.240 e. The van der Waals surface area contributed by atoms with Crippen LogP contribution in [0.4, 0.5) is 0 Å². The Hall–Kier alpha value is -1.36. The van der Waals surface area contributed by atoms with E-state index in [1.807, 2.05) is 24.3 Å².